The molecule has 1 amide bonds. The molecular formula is C39H42F4N6O4. The van der Waals surface area contributed by atoms with Gasteiger partial charge in [0.05, 0.1) is 29.2 Å². The Balaban J connectivity index is 1.06. The molecule has 4 aliphatic carbocycles. The number of nitrogens with one attached hydrogen (secondary N) is 1. The highest BCUT2D eigenvalue weighted by Gasteiger charge is 2.60. The van der Waals surface area contributed by atoms with Crippen molar-refractivity contribution in [2.75, 3.05) is 18.0 Å². The van der Waals surface area contributed by atoms with E-state index in [2.05, 4.69) is 20.3 Å². The molecule has 4 saturated carbocycles. The van der Waals surface area contributed by atoms with Gasteiger partial charge in [0.2, 0.25) is 5.95 Å². The summed E-state index contributed by atoms with van der Waals surface area (Å²) in [6, 6.07) is 7.95. The third kappa shape index (κ3) is 6.37. The molecule has 4 aromatic rings. The predicted molar refractivity (Wildman–Crippen MR) is 188 cm³/mol. The van der Waals surface area contributed by atoms with Gasteiger partial charge in [0.15, 0.2) is 11.5 Å². The third-order valence-corrected chi connectivity index (χ3v) is 12.1. The van der Waals surface area contributed by atoms with Crippen LogP contribution in [0.15, 0.2) is 48.9 Å². The Morgan fingerprint density at radius 1 is 0.962 bits per heavy atom. The maximum Gasteiger partial charge on any atom is 0.434 e. The average molecular weight is 735 g/mol. The number of aliphatic carboxylic acids is 1. The first-order chi connectivity index (χ1) is 25.3. The lowest BCUT2D eigenvalue weighted by Gasteiger charge is -2.50. The molecule has 5 unspecified atom stereocenters. The van der Waals surface area contributed by atoms with Crippen LogP contribution in [0.5, 0.6) is 5.75 Å². The number of nitrogens with zero attached hydrogens (tertiary/aromatic N) is 5. The van der Waals surface area contributed by atoms with E-state index in [1.165, 1.54) is 6.07 Å². The van der Waals surface area contributed by atoms with E-state index >= 15 is 0 Å². The van der Waals surface area contributed by atoms with E-state index < -0.39 is 40.7 Å². The van der Waals surface area contributed by atoms with Gasteiger partial charge < -0.3 is 24.6 Å². The van der Waals surface area contributed by atoms with Gasteiger partial charge >= 0.3 is 12.1 Å². The van der Waals surface area contributed by atoms with Crippen LogP contribution in [0.3, 0.4) is 0 Å². The molecule has 1 aromatic carbocycles. The third-order valence-electron chi connectivity index (χ3n) is 12.1. The number of piperidine rings is 1. The molecule has 14 heteroatoms. The van der Waals surface area contributed by atoms with Gasteiger partial charge in [0.25, 0.3) is 5.91 Å². The van der Waals surface area contributed by atoms with Crippen LogP contribution in [0.2, 0.25) is 0 Å². The molecule has 10 nitrogen and oxygen atoms in total. The summed E-state index contributed by atoms with van der Waals surface area (Å²) in [7, 11) is 0. The first-order valence-corrected chi connectivity index (χ1v) is 18.5. The second-order valence-electron chi connectivity index (χ2n) is 15.6. The van der Waals surface area contributed by atoms with E-state index in [1.54, 1.807) is 12.3 Å². The number of benzene rings is 1. The SMILES string of the molecule is CC(C)n1cc(-c2ccc(C(=O)NC3(C(=O)O)C4CCC5CC(C4)CC3C5)c(C(F)(F)F)n2)c2ccc(OC3CCN(c4ncc(F)cn4)CC3)cc21. The molecule has 2 N–H and O–H groups in total. The van der Waals surface area contributed by atoms with Crippen LogP contribution in [0.4, 0.5) is 23.5 Å². The fourth-order valence-electron chi connectivity index (χ4n) is 9.71. The highest BCUT2D eigenvalue weighted by Crippen LogP contribution is 2.56. The van der Waals surface area contributed by atoms with Crippen LogP contribution in [-0.2, 0) is 11.0 Å². The van der Waals surface area contributed by atoms with E-state index in [-0.39, 0.29) is 29.7 Å². The Bertz CT molecular complexity index is 2030. The van der Waals surface area contributed by atoms with Crippen molar-refractivity contribution < 1.29 is 37.0 Å². The minimum absolute atomic E-state index is 0.0432. The molecule has 5 fully saturated rings. The van der Waals surface area contributed by atoms with E-state index in [1.807, 2.05) is 35.4 Å². The number of pyridine rings is 1. The van der Waals surface area contributed by atoms with Crippen molar-refractivity contribution in [1.29, 1.82) is 0 Å². The van der Waals surface area contributed by atoms with Gasteiger partial charge in [-0.25, -0.2) is 24.1 Å². The summed E-state index contributed by atoms with van der Waals surface area (Å²) in [5.41, 5.74) is -2.38. The summed E-state index contributed by atoms with van der Waals surface area (Å²) in [5, 5.41) is 13.9. The van der Waals surface area contributed by atoms with Crippen LogP contribution in [0.25, 0.3) is 22.2 Å². The number of halogens is 4. The first-order valence-electron chi connectivity index (χ1n) is 18.5. The van der Waals surface area contributed by atoms with Crippen molar-refractivity contribution in [3.05, 3.63) is 66.0 Å². The van der Waals surface area contributed by atoms with E-state index in [4.69, 9.17) is 4.74 Å². The molecule has 1 saturated heterocycles. The van der Waals surface area contributed by atoms with Crippen molar-refractivity contribution in [2.45, 2.75) is 89.1 Å². The smallest absolute Gasteiger partial charge is 0.434 e. The number of aromatic nitrogens is 4. The van der Waals surface area contributed by atoms with E-state index in [0.29, 0.717) is 86.1 Å². The zero-order chi connectivity index (χ0) is 37.2. The number of amides is 1. The van der Waals surface area contributed by atoms with Crippen LogP contribution in [0.1, 0.15) is 87.3 Å². The summed E-state index contributed by atoms with van der Waals surface area (Å²) in [5.74, 6) is -1.53. The van der Waals surface area contributed by atoms with Gasteiger partial charge in [-0.1, -0.05) is 6.42 Å². The molecule has 0 spiro atoms. The number of carbonyl (C=O) groups excluding carboxylic acids is 1. The quantitative estimate of drug-likeness (QED) is 0.177. The van der Waals surface area contributed by atoms with Crippen LogP contribution in [-0.4, -0.2) is 61.2 Å². The van der Waals surface area contributed by atoms with Crippen LogP contribution < -0.4 is 15.0 Å². The lowest BCUT2D eigenvalue weighted by molar-refractivity contribution is -0.154. The normalized spacial score (nSPS) is 25.9. The minimum atomic E-state index is -4.98. The van der Waals surface area contributed by atoms with Crippen molar-refractivity contribution >= 4 is 28.7 Å². The number of carboxylic acid groups (broad SMARTS) is 1. The van der Waals surface area contributed by atoms with Gasteiger partial charge in [0.1, 0.15) is 17.4 Å². The molecular weight excluding hydrogens is 692 g/mol. The largest absolute Gasteiger partial charge is 0.490 e. The Kier molecular flexibility index (Phi) is 8.84. The molecule has 280 valence electrons. The van der Waals surface area contributed by atoms with Crippen molar-refractivity contribution in [3.8, 4) is 17.0 Å². The molecule has 1 aliphatic heterocycles. The number of hydrogen-bond acceptors (Lipinski definition) is 7. The van der Waals surface area contributed by atoms with Crippen LogP contribution in [0, 0.1) is 29.5 Å². The molecule has 5 aliphatic rings. The number of hydrogen-bond donors (Lipinski definition) is 2. The number of anilines is 1. The van der Waals surface area contributed by atoms with Gasteiger partial charge in [-0.05, 0) is 93.9 Å². The van der Waals surface area contributed by atoms with Gasteiger partial charge in [-0.2, -0.15) is 13.2 Å². The summed E-state index contributed by atoms with van der Waals surface area (Å²) < 4.78 is 65.8. The summed E-state index contributed by atoms with van der Waals surface area (Å²) in [4.78, 5) is 41.0. The second kappa shape index (κ2) is 13.3. The molecule has 4 bridgehead atoms. The molecule has 5 atom stereocenters. The van der Waals surface area contributed by atoms with Gasteiger partial charge in [-0.3, -0.25) is 4.79 Å². The van der Waals surface area contributed by atoms with Crippen molar-refractivity contribution in [1.82, 2.24) is 24.8 Å². The van der Waals surface area contributed by atoms with E-state index in [9.17, 15) is 32.3 Å². The number of fused-ring (bicyclic) bond motifs is 2. The number of rotatable bonds is 8. The first kappa shape index (κ1) is 35.3. The highest BCUT2D eigenvalue weighted by molar-refractivity contribution is 6.00. The number of carbonyl (C=O) groups is 2. The number of ether oxygens (including phenoxy) is 1. The zero-order valence-corrected chi connectivity index (χ0v) is 29.6. The summed E-state index contributed by atoms with van der Waals surface area (Å²) in [6.45, 7) is 5.20. The molecule has 53 heavy (non-hydrogen) atoms. The van der Waals surface area contributed by atoms with E-state index in [0.717, 1.165) is 36.8 Å². The lowest BCUT2D eigenvalue weighted by Crippen LogP contribution is -2.66. The lowest BCUT2D eigenvalue weighted by atomic mass is 9.58. The van der Waals surface area contributed by atoms with Gasteiger partial charge in [-0.15, -0.1) is 0 Å². The molecule has 0 radical (unpaired) electrons. The Morgan fingerprint density at radius 2 is 1.68 bits per heavy atom. The Hall–Kier alpha value is -4.75. The van der Waals surface area contributed by atoms with Crippen molar-refractivity contribution in [3.63, 3.8) is 0 Å². The summed E-state index contributed by atoms with van der Waals surface area (Å²) in [6.07, 6.45) is 4.88. The fourth-order valence-corrected chi connectivity index (χ4v) is 9.71. The van der Waals surface area contributed by atoms with Crippen molar-refractivity contribution in [2.24, 2.45) is 23.7 Å². The topological polar surface area (TPSA) is 122 Å². The average Bonchev–Trinajstić information content (AvgIpc) is 3.39. The van der Waals surface area contributed by atoms with Crippen LogP contribution >= 0.6 is 0 Å². The second-order valence-corrected chi connectivity index (χ2v) is 15.6. The molecule has 9 rings (SSSR count). The highest BCUT2D eigenvalue weighted by atomic mass is 19.4. The monoisotopic (exact) mass is 734 g/mol. The zero-order valence-electron chi connectivity index (χ0n) is 29.6. The van der Waals surface area contributed by atoms with Gasteiger partial charge in [0, 0.05) is 55.2 Å². The minimum Gasteiger partial charge on any atom is -0.490 e. The predicted octanol–water partition coefficient (Wildman–Crippen LogP) is 7.68. The molecule has 4 heterocycles. The standard InChI is InChI=1S/C39H42F4N6O4/c1-21(2)49-20-31(29-6-5-28(17-33(29)49)53-27-9-11-48(12-10-27)37-44-18-26(40)19-45-37)32-8-7-30(34(46-32)39(41,42)43)35(50)47-38(36(51)52)24-4-3-22-13-23(15-24)16-25(38)14-22/h5-8,17-25,27H,3-4,9-16H2,1-2H3,(H,47,50)(H,51,52). The maximum absolute atomic E-state index is 14.7. The fraction of sp³-hybridized carbons (Fsp3) is 0.513. The Morgan fingerprint density at radius 3 is 2.38 bits per heavy atom. The number of alkyl halides is 3. The maximum atomic E-state index is 14.7. The number of carboxylic acids is 1. The summed E-state index contributed by atoms with van der Waals surface area (Å²) >= 11 is 0. The molecule has 3 aromatic heterocycles. The Labute approximate surface area is 304 Å².